The molecule has 21 heavy (non-hydrogen) atoms. The molecule has 1 aromatic rings. The smallest absolute Gasteiger partial charge is 0.245 e. The Morgan fingerprint density at radius 1 is 1.33 bits per heavy atom. The molecule has 0 spiro atoms. The predicted molar refractivity (Wildman–Crippen MR) is 84.0 cm³/mol. The summed E-state index contributed by atoms with van der Waals surface area (Å²) < 4.78 is 33.0. The maximum absolute atomic E-state index is 13.0. The lowest BCUT2D eigenvalue weighted by Gasteiger charge is -2.41. The lowest BCUT2D eigenvalue weighted by atomic mass is 10.1. The normalized spacial score (nSPS) is 19.4. The van der Waals surface area contributed by atoms with Gasteiger partial charge in [0.1, 0.15) is 4.90 Å². The third-order valence-corrected chi connectivity index (χ3v) is 5.76. The minimum atomic E-state index is -3.54. The highest BCUT2D eigenvalue weighted by atomic mass is 32.2. The predicted octanol–water partition coefficient (Wildman–Crippen LogP) is 2.31. The van der Waals surface area contributed by atoms with Crippen molar-refractivity contribution in [3.63, 3.8) is 0 Å². The van der Waals surface area contributed by atoms with Crippen LogP contribution in [0.25, 0.3) is 0 Å². The molecule has 0 atom stereocenters. The quantitative estimate of drug-likeness (QED) is 0.906. The average Bonchev–Trinajstić information content (AvgIpc) is 2.44. The van der Waals surface area contributed by atoms with E-state index in [1.54, 1.807) is 16.4 Å². The van der Waals surface area contributed by atoms with E-state index in [4.69, 9.17) is 4.74 Å². The molecule has 118 valence electrons. The fourth-order valence-corrected chi connectivity index (χ4v) is 4.43. The number of para-hydroxylation sites is 1. The summed E-state index contributed by atoms with van der Waals surface area (Å²) in [5.74, 6) is 0. The molecule has 0 saturated carbocycles. The monoisotopic (exact) mass is 312 g/mol. The first-order valence-electron chi connectivity index (χ1n) is 7.33. The number of hydrogen-bond acceptors (Lipinski definition) is 4. The van der Waals surface area contributed by atoms with Crippen molar-refractivity contribution in [2.24, 2.45) is 0 Å². The molecule has 1 aliphatic heterocycles. The summed E-state index contributed by atoms with van der Waals surface area (Å²) in [7, 11) is -3.54. The molecule has 1 fully saturated rings. The molecule has 0 radical (unpaired) electrons. The van der Waals surface area contributed by atoms with Gasteiger partial charge in [0.05, 0.1) is 24.4 Å². The summed E-state index contributed by atoms with van der Waals surface area (Å²) in [6.45, 7) is 7.83. The number of ether oxygens (including phenoxy) is 1. The molecule has 0 aliphatic carbocycles. The molecule has 1 aromatic carbocycles. The van der Waals surface area contributed by atoms with Crippen LogP contribution in [0.15, 0.2) is 29.2 Å². The largest absolute Gasteiger partial charge is 0.384 e. The second-order valence-corrected chi connectivity index (χ2v) is 7.70. The molecule has 1 N–H and O–H groups in total. The van der Waals surface area contributed by atoms with Crippen molar-refractivity contribution in [3.8, 4) is 0 Å². The van der Waals surface area contributed by atoms with E-state index >= 15 is 0 Å². The summed E-state index contributed by atoms with van der Waals surface area (Å²) >= 11 is 0. The number of anilines is 1. The highest BCUT2D eigenvalue weighted by Gasteiger charge is 2.40. The van der Waals surface area contributed by atoms with Crippen molar-refractivity contribution < 1.29 is 13.2 Å². The lowest BCUT2D eigenvalue weighted by molar-refractivity contribution is -0.00769. The van der Waals surface area contributed by atoms with Gasteiger partial charge < -0.3 is 10.1 Å². The molecule has 1 aliphatic rings. The molecule has 0 unspecified atom stereocenters. The van der Waals surface area contributed by atoms with E-state index in [2.05, 4.69) is 12.2 Å². The molecule has 0 bridgehead atoms. The number of nitrogens with zero attached hydrogens (tertiary/aromatic N) is 1. The Kier molecular flexibility index (Phi) is 4.91. The van der Waals surface area contributed by atoms with Crippen LogP contribution >= 0.6 is 0 Å². The zero-order valence-corrected chi connectivity index (χ0v) is 13.7. The van der Waals surface area contributed by atoms with Crippen LogP contribution in [0, 0.1) is 0 Å². The molecular weight excluding hydrogens is 288 g/mol. The Morgan fingerprint density at radius 3 is 2.71 bits per heavy atom. The van der Waals surface area contributed by atoms with Crippen LogP contribution in [-0.2, 0) is 14.8 Å². The van der Waals surface area contributed by atoms with Gasteiger partial charge in [0, 0.05) is 13.1 Å². The number of nitrogens with one attached hydrogen (secondary N) is 1. The third kappa shape index (κ3) is 3.39. The Morgan fingerprint density at radius 2 is 2.05 bits per heavy atom. The summed E-state index contributed by atoms with van der Waals surface area (Å²) in [6.07, 6.45) is 0.942. The van der Waals surface area contributed by atoms with Gasteiger partial charge in [0.2, 0.25) is 10.0 Å². The van der Waals surface area contributed by atoms with Gasteiger partial charge in [-0.25, -0.2) is 8.42 Å². The van der Waals surface area contributed by atoms with Crippen LogP contribution in [-0.4, -0.2) is 44.6 Å². The molecule has 0 amide bonds. The van der Waals surface area contributed by atoms with E-state index < -0.39 is 15.6 Å². The van der Waals surface area contributed by atoms with E-state index in [0.717, 1.165) is 13.0 Å². The highest BCUT2D eigenvalue weighted by molar-refractivity contribution is 7.89. The summed E-state index contributed by atoms with van der Waals surface area (Å²) in [5, 5.41) is 3.20. The summed E-state index contributed by atoms with van der Waals surface area (Å²) in [6, 6.07) is 7.09. The van der Waals surface area contributed by atoms with Gasteiger partial charge in [-0.15, -0.1) is 0 Å². The zero-order valence-electron chi connectivity index (χ0n) is 12.9. The molecular formula is C15H24N2O3S. The van der Waals surface area contributed by atoms with Crippen LogP contribution in [0.3, 0.4) is 0 Å². The Labute approximate surface area is 127 Å². The Bertz CT molecular complexity index is 584. The minimum absolute atomic E-state index is 0.341. The molecule has 5 nitrogen and oxygen atoms in total. The van der Waals surface area contributed by atoms with E-state index in [0.29, 0.717) is 30.3 Å². The van der Waals surface area contributed by atoms with Gasteiger partial charge >= 0.3 is 0 Å². The van der Waals surface area contributed by atoms with Crippen molar-refractivity contribution in [1.82, 2.24) is 4.31 Å². The number of morpholine rings is 1. The number of benzene rings is 1. The van der Waals surface area contributed by atoms with Crippen molar-refractivity contribution in [3.05, 3.63) is 24.3 Å². The third-order valence-electron chi connectivity index (χ3n) is 3.59. The van der Waals surface area contributed by atoms with Crippen molar-refractivity contribution in [2.45, 2.75) is 37.6 Å². The maximum Gasteiger partial charge on any atom is 0.245 e. The van der Waals surface area contributed by atoms with Gasteiger partial charge in [-0.3, -0.25) is 0 Å². The van der Waals surface area contributed by atoms with Gasteiger partial charge in [0.15, 0.2) is 0 Å². The molecule has 6 heteroatoms. The molecule has 2 rings (SSSR count). The van der Waals surface area contributed by atoms with Crippen LogP contribution in [0.4, 0.5) is 5.69 Å². The fraction of sp³-hybridized carbons (Fsp3) is 0.600. The molecule has 1 heterocycles. The van der Waals surface area contributed by atoms with Crippen molar-refractivity contribution in [1.29, 1.82) is 0 Å². The van der Waals surface area contributed by atoms with Crippen molar-refractivity contribution in [2.75, 3.05) is 31.6 Å². The van der Waals surface area contributed by atoms with Gasteiger partial charge in [-0.05, 0) is 32.4 Å². The van der Waals surface area contributed by atoms with E-state index in [-0.39, 0.29) is 0 Å². The summed E-state index contributed by atoms with van der Waals surface area (Å²) in [5.41, 5.74) is 0.135. The molecule has 1 saturated heterocycles. The second kappa shape index (κ2) is 6.34. The van der Waals surface area contributed by atoms with Crippen LogP contribution < -0.4 is 5.32 Å². The highest BCUT2D eigenvalue weighted by Crippen LogP contribution is 2.31. The summed E-state index contributed by atoms with van der Waals surface area (Å²) in [4.78, 5) is 0.341. The van der Waals surface area contributed by atoms with Gasteiger partial charge in [0.25, 0.3) is 0 Å². The maximum atomic E-state index is 13.0. The number of sulfonamides is 1. The van der Waals surface area contributed by atoms with Crippen LogP contribution in [0.5, 0.6) is 0 Å². The first kappa shape index (κ1) is 16.3. The number of rotatable bonds is 5. The van der Waals surface area contributed by atoms with Gasteiger partial charge in [-0.2, -0.15) is 4.31 Å². The standard InChI is InChI=1S/C15H24N2O3S/c1-4-9-16-13-7-5-6-8-14(13)21(18,19)17-10-11-20-12-15(17,2)3/h5-8,16H,4,9-12H2,1-3H3. The lowest BCUT2D eigenvalue weighted by Crippen LogP contribution is -2.55. The Balaban J connectivity index is 2.39. The minimum Gasteiger partial charge on any atom is -0.384 e. The SMILES string of the molecule is CCCNc1ccccc1S(=O)(=O)N1CCOCC1(C)C. The zero-order chi connectivity index (χ0) is 15.5. The molecule has 0 aromatic heterocycles. The first-order chi connectivity index (χ1) is 9.89. The van der Waals surface area contributed by atoms with E-state index in [1.807, 2.05) is 26.0 Å². The van der Waals surface area contributed by atoms with Crippen molar-refractivity contribution >= 4 is 15.7 Å². The number of hydrogen-bond donors (Lipinski definition) is 1. The van der Waals surface area contributed by atoms with Crippen LogP contribution in [0.2, 0.25) is 0 Å². The topological polar surface area (TPSA) is 58.6 Å². The fourth-order valence-electron chi connectivity index (χ4n) is 2.51. The Hall–Kier alpha value is -1.11. The van der Waals surface area contributed by atoms with Crippen LogP contribution in [0.1, 0.15) is 27.2 Å². The van der Waals surface area contributed by atoms with E-state index in [9.17, 15) is 8.42 Å². The second-order valence-electron chi connectivity index (χ2n) is 5.87. The average molecular weight is 312 g/mol. The van der Waals surface area contributed by atoms with E-state index in [1.165, 1.54) is 0 Å². The first-order valence-corrected chi connectivity index (χ1v) is 8.77. The van der Waals surface area contributed by atoms with Gasteiger partial charge in [-0.1, -0.05) is 19.1 Å².